The number of hydrogen-bond donors (Lipinski definition) is 1. The summed E-state index contributed by atoms with van der Waals surface area (Å²) in [4.78, 5) is 4.89. The number of nitrogens with one attached hydrogen (secondary N) is 1. The van der Waals surface area contributed by atoms with Crippen LogP contribution in [-0.4, -0.2) is 4.57 Å². The Kier molecular flexibility index (Phi) is 14.9. The van der Waals surface area contributed by atoms with Crippen molar-refractivity contribution < 1.29 is 0 Å². The van der Waals surface area contributed by atoms with Gasteiger partial charge >= 0.3 is 0 Å². The first kappa shape index (κ1) is 57.8. The van der Waals surface area contributed by atoms with Crippen LogP contribution in [0.2, 0.25) is 0 Å². The second-order valence-corrected chi connectivity index (χ2v) is 25.4. The summed E-state index contributed by atoms with van der Waals surface area (Å²) < 4.78 is 3.57. The molecule has 16 aromatic carbocycles. The van der Waals surface area contributed by atoms with Gasteiger partial charge in [0.15, 0.2) is 0 Å². The molecule has 0 amide bonds. The molecule has 0 radical (unpaired) electrons. The van der Waals surface area contributed by atoms with Gasteiger partial charge in [0.1, 0.15) is 0 Å². The highest BCUT2D eigenvalue weighted by Gasteiger charge is 2.52. The van der Waals surface area contributed by atoms with Crippen LogP contribution in [0.4, 0.5) is 45.5 Å². The maximum Gasteiger partial charge on any atom is 0.0727 e. The van der Waals surface area contributed by atoms with Gasteiger partial charge in [0.2, 0.25) is 0 Å². The Morgan fingerprint density at radius 1 is 0.271 bits per heavy atom. The van der Waals surface area contributed by atoms with E-state index in [1.807, 2.05) is 30.3 Å². The highest BCUT2D eigenvalue weighted by atomic mass is 79.9. The summed E-state index contributed by atoms with van der Waals surface area (Å²) in [5, 5.41) is 13.4. The van der Waals surface area contributed by atoms with Crippen LogP contribution in [0, 0.1) is 0 Å². The van der Waals surface area contributed by atoms with Gasteiger partial charge in [-0.15, -0.1) is 0 Å². The fraction of sp³-hybridized carbons (Fsp3) is 0.0110. The number of benzene rings is 16. The van der Waals surface area contributed by atoms with Crippen molar-refractivity contribution >= 4 is 116 Å². The van der Waals surface area contributed by atoms with Gasteiger partial charge in [0.25, 0.3) is 0 Å². The van der Waals surface area contributed by atoms with Gasteiger partial charge in [-0.2, -0.15) is 0 Å². The van der Waals surface area contributed by atoms with Gasteiger partial charge in [-0.1, -0.05) is 283 Å². The number of fused-ring (bicyclic) bond motifs is 16. The van der Waals surface area contributed by atoms with Gasteiger partial charge < -0.3 is 19.7 Å². The van der Waals surface area contributed by atoms with Gasteiger partial charge in [-0.3, -0.25) is 0 Å². The van der Waals surface area contributed by atoms with Gasteiger partial charge in [-0.05, 0) is 175 Å². The Bertz CT molecular complexity index is 5700. The molecule has 4 nitrogen and oxygen atoms in total. The van der Waals surface area contributed by atoms with Crippen LogP contribution in [0.1, 0.15) is 22.3 Å². The topological polar surface area (TPSA) is 23.4 Å². The minimum atomic E-state index is -0.586. The fourth-order valence-corrected chi connectivity index (χ4v) is 15.5. The normalized spacial score (nSPS) is 13.1. The molecule has 1 N–H and O–H groups in total. The molecule has 0 saturated heterocycles. The number of anilines is 8. The largest absolute Gasteiger partial charge is 0.355 e. The van der Waals surface area contributed by atoms with Gasteiger partial charge in [-0.25, -0.2) is 0 Å². The molecule has 1 atom stereocenters. The smallest absolute Gasteiger partial charge is 0.0727 e. The third kappa shape index (κ3) is 10.1. The molecule has 0 aliphatic heterocycles. The highest BCUT2D eigenvalue weighted by Crippen LogP contribution is 2.64. The molecule has 2 aliphatic rings. The standard InChI is InChI=1S/C65H43N3.C16H13N.C10H7Br/c1-4-21-45(22-5-1)66(50-37-40-57-56-30-14-17-33-63(56)68(64(57)43-50)47-25-8-3-9-26-47)48-35-38-54-52-28-12-15-31-58(52)65(60(54)41-48)59-32-16-13-29-53(59)55-39-36-49(42-61(55)65)67(46-23-6-2-7-24-46)62-34-18-20-44-19-10-11-27-51(44)62;1-2-9-14(10-3-1)17-16-12-6-8-13-7-4-5-11-15(13)16;11-10-7-3-5-8-4-1-2-6-9(8)10/h1-43H;1-12,17H;1-7H. The van der Waals surface area contributed by atoms with E-state index in [1.54, 1.807) is 0 Å². The molecule has 17 aromatic rings. The molecule has 96 heavy (non-hydrogen) atoms. The molecule has 2 aliphatic carbocycles. The van der Waals surface area contributed by atoms with Crippen molar-refractivity contribution in [3.05, 3.63) is 403 Å². The van der Waals surface area contributed by atoms with Crippen LogP contribution >= 0.6 is 15.9 Å². The molecule has 0 fully saturated rings. The number of halogens is 1. The fourth-order valence-electron chi connectivity index (χ4n) is 15.0. The zero-order chi connectivity index (χ0) is 63.9. The molecule has 1 heterocycles. The molecule has 0 saturated carbocycles. The van der Waals surface area contributed by atoms with Crippen molar-refractivity contribution in [2.24, 2.45) is 0 Å². The third-order valence-corrected chi connectivity index (χ3v) is 19.8. The van der Waals surface area contributed by atoms with Gasteiger partial charge in [0, 0.05) is 71.5 Å². The molecular weight excluding hydrogens is 1230 g/mol. The Morgan fingerprint density at radius 2 is 0.698 bits per heavy atom. The maximum atomic E-state index is 3.50. The summed E-state index contributed by atoms with van der Waals surface area (Å²) >= 11 is 3.50. The molecule has 1 aromatic heterocycles. The molecular formula is C91H63BrN4. The molecule has 1 unspecified atom stereocenters. The molecule has 454 valence electrons. The number of rotatable bonds is 9. The van der Waals surface area contributed by atoms with Crippen LogP contribution < -0.4 is 15.1 Å². The first-order chi connectivity index (χ1) is 47.6. The lowest BCUT2D eigenvalue weighted by Crippen LogP contribution is -2.26. The lowest BCUT2D eigenvalue weighted by molar-refractivity contribution is 0.793. The van der Waals surface area contributed by atoms with Gasteiger partial charge in [0.05, 0.1) is 22.1 Å². The summed E-state index contributed by atoms with van der Waals surface area (Å²) in [6.45, 7) is 0. The summed E-state index contributed by atoms with van der Waals surface area (Å²) in [6.07, 6.45) is 0. The number of nitrogens with zero attached hydrogens (tertiary/aromatic N) is 3. The quantitative estimate of drug-likeness (QED) is 0.156. The minimum absolute atomic E-state index is 0.586. The van der Waals surface area contributed by atoms with Crippen LogP contribution in [0.15, 0.2) is 381 Å². The number of para-hydroxylation sites is 5. The predicted octanol–water partition coefficient (Wildman–Crippen LogP) is 25.4. The van der Waals surface area contributed by atoms with Crippen LogP contribution in [0.25, 0.3) is 82.1 Å². The summed E-state index contributed by atoms with van der Waals surface area (Å²) in [5.74, 6) is 0. The lowest BCUT2D eigenvalue weighted by Gasteiger charge is -2.33. The van der Waals surface area contributed by atoms with E-state index < -0.39 is 5.41 Å². The zero-order valence-corrected chi connectivity index (χ0v) is 54.1. The Hall–Kier alpha value is -12.0. The maximum absolute atomic E-state index is 3.50. The van der Waals surface area contributed by atoms with Crippen LogP contribution in [0.5, 0.6) is 0 Å². The Balaban J connectivity index is 0.000000204. The molecule has 1 spiro atoms. The molecule has 19 rings (SSSR count). The summed E-state index contributed by atoms with van der Waals surface area (Å²) in [6, 6.07) is 136. The summed E-state index contributed by atoms with van der Waals surface area (Å²) in [7, 11) is 0. The van der Waals surface area contributed by atoms with E-state index >= 15 is 0 Å². The number of hydrogen-bond acceptors (Lipinski definition) is 3. The van der Waals surface area contributed by atoms with Crippen LogP contribution in [0.3, 0.4) is 0 Å². The van der Waals surface area contributed by atoms with E-state index in [4.69, 9.17) is 0 Å². The first-order valence-electron chi connectivity index (χ1n) is 32.8. The van der Waals surface area contributed by atoms with Crippen molar-refractivity contribution in [2.45, 2.75) is 5.41 Å². The molecule has 0 bridgehead atoms. The van der Waals surface area contributed by atoms with Crippen molar-refractivity contribution in [3.8, 4) is 27.9 Å². The molecule has 5 heteroatoms. The highest BCUT2D eigenvalue weighted by molar-refractivity contribution is 9.10. The lowest BCUT2D eigenvalue weighted by atomic mass is 9.70. The minimum Gasteiger partial charge on any atom is -0.355 e. The predicted molar refractivity (Wildman–Crippen MR) is 409 cm³/mol. The van der Waals surface area contributed by atoms with Crippen molar-refractivity contribution in [1.82, 2.24) is 4.57 Å². The van der Waals surface area contributed by atoms with Crippen molar-refractivity contribution in [1.29, 1.82) is 0 Å². The van der Waals surface area contributed by atoms with E-state index in [-0.39, 0.29) is 0 Å². The van der Waals surface area contributed by atoms with E-state index in [1.165, 1.54) is 98.6 Å². The Labute approximate surface area is 567 Å². The van der Waals surface area contributed by atoms with E-state index in [2.05, 4.69) is 381 Å². The zero-order valence-electron chi connectivity index (χ0n) is 52.5. The number of aromatic nitrogens is 1. The second-order valence-electron chi connectivity index (χ2n) is 24.5. The van der Waals surface area contributed by atoms with Crippen molar-refractivity contribution in [2.75, 3.05) is 15.1 Å². The second kappa shape index (κ2) is 24.8. The first-order valence-corrected chi connectivity index (χ1v) is 33.5. The van der Waals surface area contributed by atoms with Crippen molar-refractivity contribution in [3.63, 3.8) is 0 Å². The SMILES string of the molecule is Brc1cccc2ccccc12.c1ccc(N(c2ccc3c(c2)C2(c4ccccc4-3)c3ccccc3-c3ccc(N(c4ccccc4)c4cccc5ccccc45)cc32)c2ccc3c4ccccc4n(-c4ccccc4)c3c2)cc1.c1ccc(Nc2cccc3ccccc23)cc1. The van der Waals surface area contributed by atoms with E-state index in [9.17, 15) is 0 Å². The monoisotopic (exact) mass is 1290 g/mol. The average Bonchev–Trinajstić information content (AvgIpc) is 1.51. The summed E-state index contributed by atoms with van der Waals surface area (Å²) in [5.41, 5.74) is 22.1. The van der Waals surface area contributed by atoms with E-state index in [0.29, 0.717) is 0 Å². The van der Waals surface area contributed by atoms with Crippen LogP contribution in [-0.2, 0) is 5.41 Å². The average molecular weight is 1290 g/mol. The van der Waals surface area contributed by atoms with E-state index in [0.717, 1.165) is 55.7 Å². The Morgan fingerprint density at radius 3 is 1.33 bits per heavy atom. The third-order valence-electron chi connectivity index (χ3n) is 19.1.